The fourth-order valence-corrected chi connectivity index (χ4v) is 3.20. The van der Waals surface area contributed by atoms with Gasteiger partial charge in [-0.3, -0.25) is 4.79 Å². The van der Waals surface area contributed by atoms with Crippen molar-refractivity contribution in [1.29, 1.82) is 0 Å². The predicted octanol–water partition coefficient (Wildman–Crippen LogP) is 4.31. The van der Waals surface area contributed by atoms with E-state index in [2.05, 4.69) is 5.32 Å². The van der Waals surface area contributed by atoms with Gasteiger partial charge in [-0.2, -0.15) is 0 Å². The molecule has 2 aromatic heterocycles. The minimum absolute atomic E-state index is 0.0463. The third-order valence-electron chi connectivity index (χ3n) is 5.20. The van der Waals surface area contributed by atoms with Crippen molar-refractivity contribution < 1.29 is 13.6 Å². The van der Waals surface area contributed by atoms with Crippen LogP contribution in [0.25, 0.3) is 21.9 Å². The maximum atomic E-state index is 12.4. The van der Waals surface area contributed by atoms with Gasteiger partial charge in [0.05, 0.1) is 0 Å². The van der Waals surface area contributed by atoms with Gasteiger partial charge in [-0.1, -0.05) is 6.92 Å². The summed E-state index contributed by atoms with van der Waals surface area (Å²) in [6, 6.07) is 3.92. The lowest BCUT2D eigenvalue weighted by Gasteiger charge is -2.12. The van der Waals surface area contributed by atoms with E-state index >= 15 is 0 Å². The number of amides is 1. The Morgan fingerprint density at radius 1 is 1.08 bits per heavy atom. The molecule has 5 nitrogen and oxygen atoms in total. The Balaban J connectivity index is 1.98. The van der Waals surface area contributed by atoms with E-state index in [9.17, 15) is 9.59 Å². The van der Waals surface area contributed by atoms with Gasteiger partial charge in [-0.05, 0) is 57.7 Å². The molecular formula is C21H25NO4. The standard InChI is InChI=1S/C21H25NO4/c1-6-11(2)22-20(23)8-7-15-13(4)17-9-16-12(3)14(5)25-18(16)10-19(17)26-21(15)24/h9-11H,6-8H2,1-5H3,(H,22,23)/t11-/m0/s1. The first-order valence-corrected chi connectivity index (χ1v) is 9.07. The Kier molecular flexibility index (Phi) is 4.90. The highest BCUT2D eigenvalue weighted by Gasteiger charge is 2.16. The Morgan fingerprint density at radius 2 is 1.73 bits per heavy atom. The summed E-state index contributed by atoms with van der Waals surface area (Å²) in [5, 5.41) is 4.83. The average Bonchev–Trinajstić information content (AvgIpc) is 2.86. The average molecular weight is 355 g/mol. The van der Waals surface area contributed by atoms with Crippen molar-refractivity contribution in [2.45, 2.75) is 59.9 Å². The predicted molar refractivity (Wildman–Crippen MR) is 103 cm³/mol. The van der Waals surface area contributed by atoms with Crippen molar-refractivity contribution >= 4 is 27.8 Å². The monoisotopic (exact) mass is 355 g/mol. The summed E-state index contributed by atoms with van der Waals surface area (Å²) in [6.45, 7) is 9.84. The quantitative estimate of drug-likeness (QED) is 0.692. The summed E-state index contributed by atoms with van der Waals surface area (Å²) in [5.41, 5.74) is 3.37. The van der Waals surface area contributed by atoms with Crippen LogP contribution in [0.15, 0.2) is 25.8 Å². The summed E-state index contributed by atoms with van der Waals surface area (Å²) in [5.74, 6) is 0.812. The first kappa shape index (κ1) is 18.2. The largest absolute Gasteiger partial charge is 0.461 e. The Hall–Kier alpha value is -2.56. The minimum atomic E-state index is -0.384. The van der Waals surface area contributed by atoms with Gasteiger partial charge in [0.15, 0.2) is 0 Å². The summed E-state index contributed by atoms with van der Waals surface area (Å²) >= 11 is 0. The van der Waals surface area contributed by atoms with Crippen molar-refractivity contribution in [2.75, 3.05) is 0 Å². The molecule has 0 saturated carbocycles. The van der Waals surface area contributed by atoms with E-state index in [4.69, 9.17) is 8.83 Å². The zero-order chi connectivity index (χ0) is 19.0. The third-order valence-corrected chi connectivity index (χ3v) is 5.20. The SMILES string of the molecule is CC[C@H](C)NC(=O)CCc1c(C)c2cc3c(C)c(C)oc3cc2oc1=O. The second-order valence-electron chi connectivity index (χ2n) is 7.00. The molecule has 1 aromatic carbocycles. The van der Waals surface area contributed by atoms with Crippen molar-refractivity contribution in [3.05, 3.63) is 45.0 Å². The molecule has 0 fully saturated rings. The van der Waals surface area contributed by atoms with Crippen LogP contribution in [0, 0.1) is 20.8 Å². The molecule has 1 N–H and O–H groups in total. The van der Waals surface area contributed by atoms with Crippen LogP contribution in [0.1, 0.15) is 49.1 Å². The summed E-state index contributed by atoms with van der Waals surface area (Å²) < 4.78 is 11.2. The molecule has 2 heterocycles. The minimum Gasteiger partial charge on any atom is -0.461 e. The molecule has 0 aliphatic carbocycles. The van der Waals surface area contributed by atoms with E-state index < -0.39 is 0 Å². The van der Waals surface area contributed by atoms with Crippen molar-refractivity contribution in [3.8, 4) is 0 Å². The molecule has 3 aromatic rings. The number of carbonyl (C=O) groups excluding carboxylic acids is 1. The van der Waals surface area contributed by atoms with E-state index in [0.717, 1.165) is 39.7 Å². The maximum Gasteiger partial charge on any atom is 0.339 e. The number of benzene rings is 1. The molecule has 5 heteroatoms. The van der Waals surface area contributed by atoms with Crippen LogP contribution in [0.4, 0.5) is 0 Å². The first-order valence-electron chi connectivity index (χ1n) is 9.07. The molecule has 138 valence electrons. The fraction of sp³-hybridized carbons (Fsp3) is 0.429. The van der Waals surface area contributed by atoms with E-state index in [1.807, 2.05) is 40.7 Å². The number of furan rings is 1. The zero-order valence-electron chi connectivity index (χ0n) is 16.0. The van der Waals surface area contributed by atoms with Crippen molar-refractivity contribution in [3.63, 3.8) is 0 Å². The van der Waals surface area contributed by atoms with Crippen LogP contribution in [0.3, 0.4) is 0 Å². The number of carbonyl (C=O) groups is 1. The van der Waals surface area contributed by atoms with Crippen LogP contribution in [-0.4, -0.2) is 11.9 Å². The molecule has 3 rings (SSSR count). The smallest absolute Gasteiger partial charge is 0.339 e. The molecule has 1 atom stereocenters. The molecule has 0 saturated heterocycles. The molecule has 0 radical (unpaired) electrons. The lowest BCUT2D eigenvalue weighted by Crippen LogP contribution is -2.32. The second-order valence-corrected chi connectivity index (χ2v) is 7.00. The highest BCUT2D eigenvalue weighted by Crippen LogP contribution is 2.31. The van der Waals surface area contributed by atoms with Crippen LogP contribution in [-0.2, 0) is 11.2 Å². The number of nitrogens with one attached hydrogen (secondary N) is 1. The van der Waals surface area contributed by atoms with E-state index in [0.29, 0.717) is 17.6 Å². The van der Waals surface area contributed by atoms with Crippen LogP contribution in [0.2, 0.25) is 0 Å². The molecular weight excluding hydrogens is 330 g/mol. The van der Waals surface area contributed by atoms with Gasteiger partial charge in [0.25, 0.3) is 0 Å². The number of fused-ring (bicyclic) bond motifs is 2. The highest BCUT2D eigenvalue weighted by atomic mass is 16.4. The topological polar surface area (TPSA) is 72.5 Å². The Labute approximate surface area is 152 Å². The van der Waals surface area contributed by atoms with Crippen molar-refractivity contribution in [2.24, 2.45) is 0 Å². The Morgan fingerprint density at radius 3 is 2.42 bits per heavy atom. The van der Waals surface area contributed by atoms with Crippen LogP contribution in [0.5, 0.6) is 0 Å². The summed E-state index contributed by atoms with van der Waals surface area (Å²) in [4.78, 5) is 24.5. The molecule has 0 unspecified atom stereocenters. The van der Waals surface area contributed by atoms with Gasteiger partial charge in [-0.25, -0.2) is 4.79 Å². The van der Waals surface area contributed by atoms with Gasteiger partial charge in [-0.15, -0.1) is 0 Å². The van der Waals surface area contributed by atoms with E-state index in [-0.39, 0.29) is 24.0 Å². The summed E-state index contributed by atoms with van der Waals surface area (Å²) in [7, 11) is 0. The van der Waals surface area contributed by atoms with Gasteiger partial charge >= 0.3 is 5.63 Å². The van der Waals surface area contributed by atoms with E-state index in [1.54, 1.807) is 6.07 Å². The molecule has 0 spiro atoms. The van der Waals surface area contributed by atoms with Crippen molar-refractivity contribution in [1.82, 2.24) is 5.32 Å². The highest BCUT2D eigenvalue weighted by molar-refractivity contribution is 5.96. The number of hydrogen-bond acceptors (Lipinski definition) is 4. The van der Waals surface area contributed by atoms with Gasteiger partial charge in [0.2, 0.25) is 5.91 Å². The lowest BCUT2D eigenvalue weighted by atomic mass is 10.0. The number of hydrogen-bond donors (Lipinski definition) is 1. The zero-order valence-corrected chi connectivity index (χ0v) is 16.0. The van der Waals surface area contributed by atoms with Gasteiger partial charge in [0.1, 0.15) is 16.9 Å². The molecule has 26 heavy (non-hydrogen) atoms. The van der Waals surface area contributed by atoms with Crippen LogP contribution < -0.4 is 10.9 Å². The molecule has 0 aliphatic heterocycles. The second kappa shape index (κ2) is 6.98. The molecule has 1 amide bonds. The van der Waals surface area contributed by atoms with Gasteiger partial charge < -0.3 is 14.2 Å². The fourth-order valence-electron chi connectivity index (χ4n) is 3.20. The number of aryl methyl sites for hydroxylation is 3. The van der Waals surface area contributed by atoms with Crippen LogP contribution >= 0.6 is 0 Å². The molecule has 0 aliphatic rings. The molecule has 0 bridgehead atoms. The normalized spacial score (nSPS) is 12.7. The maximum absolute atomic E-state index is 12.4. The Bertz CT molecular complexity index is 1040. The third kappa shape index (κ3) is 3.26. The summed E-state index contributed by atoms with van der Waals surface area (Å²) in [6.07, 6.45) is 1.52. The number of rotatable bonds is 5. The van der Waals surface area contributed by atoms with Gasteiger partial charge in [0, 0.05) is 34.9 Å². The van der Waals surface area contributed by atoms with E-state index in [1.165, 1.54) is 0 Å². The first-order chi connectivity index (χ1) is 12.3. The lowest BCUT2D eigenvalue weighted by molar-refractivity contribution is -0.121.